The molecular formula is C21H18ClN3O3. The number of ether oxygens (including phenoxy) is 2. The average Bonchev–Trinajstić information content (AvgIpc) is 2.71. The summed E-state index contributed by atoms with van der Waals surface area (Å²) in [5.74, 6) is 0.237. The SMILES string of the molecule is CCOC(=O)c1ccnc(Oc2ccc(C=NNc3ccccc3)cc2Cl)c1. The van der Waals surface area contributed by atoms with Crippen LogP contribution in [-0.2, 0) is 4.74 Å². The first-order chi connectivity index (χ1) is 13.7. The van der Waals surface area contributed by atoms with Gasteiger partial charge in [-0.2, -0.15) is 5.10 Å². The molecule has 142 valence electrons. The minimum absolute atomic E-state index is 0.250. The van der Waals surface area contributed by atoms with Gasteiger partial charge in [0.15, 0.2) is 0 Å². The molecule has 0 amide bonds. The number of hydrogen-bond acceptors (Lipinski definition) is 6. The van der Waals surface area contributed by atoms with E-state index in [1.54, 1.807) is 31.3 Å². The van der Waals surface area contributed by atoms with E-state index in [2.05, 4.69) is 15.5 Å². The minimum atomic E-state index is -0.432. The third kappa shape index (κ3) is 5.31. The van der Waals surface area contributed by atoms with E-state index in [1.165, 1.54) is 12.3 Å². The highest BCUT2D eigenvalue weighted by Gasteiger charge is 2.10. The molecule has 28 heavy (non-hydrogen) atoms. The van der Waals surface area contributed by atoms with Crippen molar-refractivity contribution >= 4 is 29.5 Å². The highest BCUT2D eigenvalue weighted by atomic mass is 35.5. The number of anilines is 1. The van der Waals surface area contributed by atoms with E-state index in [4.69, 9.17) is 21.1 Å². The van der Waals surface area contributed by atoms with Crippen LogP contribution in [0.2, 0.25) is 5.02 Å². The zero-order valence-electron chi connectivity index (χ0n) is 15.1. The zero-order valence-corrected chi connectivity index (χ0v) is 15.9. The number of carbonyl (C=O) groups excluding carboxylic acids is 1. The third-order valence-corrected chi connectivity index (χ3v) is 3.89. The van der Waals surface area contributed by atoms with E-state index in [9.17, 15) is 4.79 Å². The molecule has 0 spiro atoms. The first-order valence-electron chi connectivity index (χ1n) is 8.60. The van der Waals surface area contributed by atoms with Crippen molar-refractivity contribution in [3.63, 3.8) is 0 Å². The van der Waals surface area contributed by atoms with Crippen LogP contribution in [0.15, 0.2) is 72.0 Å². The number of nitrogens with zero attached hydrogens (tertiary/aromatic N) is 2. The molecule has 0 aliphatic carbocycles. The van der Waals surface area contributed by atoms with Crippen LogP contribution < -0.4 is 10.2 Å². The van der Waals surface area contributed by atoms with E-state index in [0.717, 1.165) is 11.3 Å². The Morgan fingerprint density at radius 1 is 1.18 bits per heavy atom. The van der Waals surface area contributed by atoms with Gasteiger partial charge in [0.2, 0.25) is 5.88 Å². The molecule has 7 heteroatoms. The first-order valence-corrected chi connectivity index (χ1v) is 8.98. The zero-order chi connectivity index (χ0) is 19.8. The molecule has 0 atom stereocenters. The van der Waals surface area contributed by atoms with Gasteiger partial charge < -0.3 is 9.47 Å². The predicted molar refractivity (Wildman–Crippen MR) is 109 cm³/mol. The number of esters is 1. The lowest BCUT2D eigenvalue weighted by atomic mass is 10.2. The summed E-state index contributed by atoms with van der Waals surface area (Å²) < 4.78 is 10.7. The van der Waals surface area contributed by atoms with Gasteiger partial charge in [0.1, 0.15) is 5.75 Å². The van der Waals surface area contributed by atoms with Crippen molar-refractivity contribution in [1.29, 1.82) is 0 Å². The molecule has 0 radical (unpaired) electrons. The number of pyridine rings is 1. The number of para-hydroxylation sites is 1. The second-order valence-corrected chi connectivity index (χ2v) is 6.04. The number of benzene rings is 2. The molecule has 0 fully saturated rings. The largest absolute Gasteiger partial charge is 0.462 e. The Bertz CT molecular complexity index is 978. The van der Waals surface area contributed by atoms with E-state index in [0.29, 0.717) is 22.9 Å². The number of rotatable bonds is 7. The molecule has 3 aromatic rings. The molecule has 0 saturated carbocycles. The Morgan fingerprint density at radius 3 is 2.75 bits per heavy atom. The second-order valence-electron chi connectivity index (χ2n) is 5.63. The smallest absolute Gasteiger partial charge is 0.338 e. The minimum Gasteiger partial charge on any atom is -0.462 e. The summed E-state index contributed by atoms with van der Waals surface area (Å²) in [5, 5.41) is 4.57. The third-order valence-electron chi connectivity index (χ3n) is 3.60. The van der Waals surface area contributed by atoms with Gasteiger partial charge in [0, 0.05) is 12.3 Å². The number of carbonyl (C=O) groups is 1. The van der Waals surface area contributed by atoms with Gasteiger partial charge in [0.05, 0.1) is 29.1 Å². The van der Waals surface area contributed by atoms with Crippen LogP contribution in [-0.4, -0.2) is 23.8 Å². The topological polar surface area (TPSA) is 72.8 Å². The maximum absolute atomic E-state index is 11.8. The van der Waals surface area contributed by atoms with Gasteiger partial charge in [-0.3, -0.25) is 5.43 Å². The van der Waals surface area contributed by atoms with Crippen molar-refractivity contribution in [2.45, 2.75) is 6.92 Å². The molecule has 0 saturated heterocycles. The van der Waals surface area contributed by atoms with E-state index < -0.39 is 5.97 Å². The monoisotopic (exact) mass is 395 g/mol. The maximum Gasteiger partial charge on any atom is 0.338 e. The van der Waals surface area contributed by atoms with Crippen LogP contribution in [0.1, 0.15) is 22.8 Å². The van der Waals surface area contributed by atoms with Crippen LogP contribution in [0.4, 0.5) is 5.69 Å². The fraction of sp³-hybridized carbons (Fsp3) is 0.0952. The van der Waals surface area contributed by atoms with Gasteiger partial charge in [-0.05, 0) is 48.9 Å². The standard InChI is InChI=1S/C21H18ClN3O3/c1-2-27-21(26)16-10-11-23-20(13-16)28-19-9-8-15(12-18(19)22)14-24-25-17-6-4-3-5-7-17/h3-14,25H,2H2,1H3. The normalized spacial score (nSPS) is 10.6. The number of hydrogen-bond donors (Lipinski definition) is 1. The Kier molecular flexibility index (Phi) is 6.59. The van der Waals surface area contributed by atoms with Crippen molar-refractivity contribution in [2.75, 3.05) is 12.0 Å². The fourth-order valence-electron chi connectivity index (χ4n) is 2.29. The molecule has 0 aliphatic heterocycles. The molecule has 6 nitrogen and oxygen atoms in total. The van der Waals surface area contributed by atoms with Crippen LogP contribution in [0.25, 0.3) is 0 Å². The van der Waals surface area contributed by atoms with Crippen molar-refractivity contribution < 1.29 is 14.3 Å². The molecule has 1 aromatic heterocycles. The second kappa shape index (κ2) is 9.53. The van der Waals surface area contributed by atoms with Crippen molar-refractivity contribution in [1.82, 2.24) is 4.98 Å². The molecule has 3 rings (SSSR count). The van der Waals surface area contributed by atoms with Gasteiger partial charge in [-0.15, -0.1) is 0 Å². The van der Waals surface area contributed by atoms with Crippen LogP contribution in [0.3, 0.4) is 0 Å². The van der Waals surface area contributed by atoms with Gasteiger partial charge in [-0.1, -0.05) is 29.8 Å². The quantitative estimate of drug-likeness (QED) is 0.340. The Morgan fingerprint density at radius 2 is 2.00 bits per heavy atom. The van der Waals surface area contributed by atoms with Gasteiger partial charge in [-0.25, -0.2) is 9.78 Å². The van der Waals surface area contributed by atoms with Crippen molar-refractivity contribution in [3.05, 3.63) is 83.0 Å². The summed E-state index contributed by atoms with van der Waals surface area (Å²) in [5.41, 5.74) is 4.98. The highest BCUT2D eigenvalue weighted by molar-refractivity contribution is 6.32. The van der Waals surface area contributed by atoms with E-state index >= 15 is 0 Å². The molecule has 2 aromatic carbocycles. The van der Waals surface area contributed by atoms with Crippen LogP contribution in [0, 0.1) is 0 Å². The summed E-state index contributed by atoms with van der Waals surface area (Å²) in [7, 11) is 0. The number of halogens is 1. The molecule has 1 N–H and O–H groups in total. The van der Waals surface area contributed by atoms with Crippen molar-refractivity contribution in [3.8, 4) is 11.6 Å². The average molecular weight is 396 g/mol. The van der Waals surface area contributed by atoms with E-state index in [-0.39, 0.29) is 5.88 Å². The van der Waals surface area contributed by atoms with Gasteiger partial charge in [0.25, 0.3) is 0 Å². The maximum atomic E-state index is 11.8. The highest BCUT2D eigenvalue weighted by Crippen LogP contribution is 2.29. The lowest BCUT2D eigenvalue weighted by molar-refractivity contribution is 0.0526. The molecular weight excluding hydrogens is 378 g/mol. The molecule has 0 aliphatic rings. The Balaban J connectivity index is 1.67. The molecule has 1 heterocycles. The van der Waals surface area contributed by atoms with E-state index in [1.807, 2.05) is 36.4 Å². The van der Waals surface area contributed by atoms with Crippen LogP contribution >= 0.6 is 11.6 Å². The predicted octanol–water partition coefficient (Wildman–Crippen LogP) is 5.15. The van der Waals surface area contributed by atoms with Crippen LogP contribution in [0.5, 0.6) is 11.6 Å². The Labute approximate surface area is 167 Å². The fourth-order valence-corrected chi connectivity index (χ4v) is 2.52. The number of hydrazone groups is 1. The molecule has 0 bridgehead atoms. The summed E-state index contributed by atoms with van der Waals surface area (Å²) in [6, 6.07) is 17.9. The summed E-state index contributed by atoms with van der Waals surface area (Å²) in [6.45, 7) is 2.04. The Hall–Kier alpha value is -3.38. The summed E-state index contributed by atoms with van der Waals surface area (Å²) in [4.78, 5) is 15.9. The number of aromatic nitrogens is 1. The molecule has 0 unspecified atom stereocenters. The number of nitrogens with one attached hydrogen (secondary N) is 1. The van der Waals surface area contributed by atoms with Crippen molar-refractivity contribution in [2.24, 2.45) is 5.10 Å². The summed E-state index contributed by atoms with van der Waals surface area (Å²) >= 11 is 6.30. The first kappa shape index (κ1) is 19.4. The lowest BCUT2D eigenvalue weighted by Gasteiger charge is -2.08. The lowest BCUT2D eigenvalue weighted by Crippen LogP contribution is -2.05. The van der Waals surface area contributed by atoms with Gasteiger partial charge >= 0.3 is 5.97 Å². The summed E-state index contributed by atoms with van der Waals surface area (Å²) in [6.07, 6.45) is 3.13.